The first-order valence-corrected chi connectivity index (χ1v) is 20.3. The predicted molar refractivity (Wildman–Crippen MR) is 202 cm³/mol. The molecule has 48 heavy (non-hydrogen) atoms. The summed E-state index contributed by atoms with van der Waals surface area (Å²) < 4.78 is 0. The summed E-state index contributed by atoms with van der Waals surface area (Å²) in [5.74, 6) is -2.17. The molecule has 0 aromatic heterocycles. The van der Waals surface area contributed by atoms with E-state index >= 15 is 0 Å². The van der Waals surface area contributed by atoms with E-state index < -0.39 is 23.7 Å². The van der Waals surface area contributed by atoms with Crippen LogP contribution in [0.1, 0.15) is 219 Å². The van der Waals surface area contributed by atoms with Crippen molar-refractivity contribution in [2.75, 3.05) is 0 Å². The number of allylic oxidation sites excluding steroid dienone is 4. The molecule has 0 rings (SSSR count). The molecular formula is C42H75NO5. The number of unbranched alkanes of at least 4 members (excludes halogenated alkanes) is 23. The van der Waals surface area contributed by atoms with E-state index in [2.05, 4.69) is 38.2 Å². The molecule has 0 aliphatic rings. The standard InChI is InChI=1S/C42H75NO5/c1-3-5-7-9-11-13-15-17-19-21-23-25-27-29-31-35-39(44)43(41(46)37-33-34-38-42(47)48)40(45)36-32-30-28-26-24-22-20-18-16-14-12-10-8-6-4-2/h17-20H,3-16,21-38H2,1-2H3,(H,47,48). The van der Waals surface area contributed by atoms with E-state index in [0.717, 1.165) is 69.1 Å². The first-order valence-electron chi connectivity index (χ1n) is 20.3. The Morgan fingerprint density at radius 3 is 0.938 bits per heavy atom. The quantitative estimate of drug-likeness (QED) is 0.0534. The molecular weight excluding hydrogens is 598 g/mol. The average Bonchev–Trinajstić information content (AvgIpc) is 3.06. The monoisotopic (exact) mass is 674 g/mol. The maximum absolute atomic E-state index is 13.0. The zero-order valence-electron chi connectivity index (χ0n) is 31.5. The number of hydrogen-bond acceptors (Lipinski definition) is 4. The lowest BCUT2D eigenvalue weighted by Gasteiger charge is -2.19. The summed E-state index contributed by atoms with van der Waals surface area (Å²) in [6.07, 6.45) is 40.8. The van der Waals surface area contributed by atoms with Crippen molar-refractivity contribution in [3.05, 3.63) is 24.3 Å². The fourth-order valence-corrected chi connectivity index (χ4v) is 6.00. The molecule has 0 radical (unpaired) electrons. The van der Waals surface area contributed by atoms with E-state index in [1.54, 1.807) is 0 Å². The third-order valence-electron chi connectivity index (χ3n) is 9.08. The second-order valence-electron chi connectivity index (χ2n) is 13.8. The fraction of sp³-hybridized carbons (Fsp3) is 0.810. The van der Waals surface area contributed by atoms with Crippen LogP contribution in [0.3, 0.4) is 0 Å². The van der Waals surface area contributed by atoms with E-state index in [9.17, 15) is 19.2 Å². The zero-order chi connectivity index (χ0) is 35.3. The molecule has 0 spiro atoms. The number of rotatable bonds is 35. The summed E-state index contributed by atoms with van der Waals surface area (Å²) >= 11 is 0. The van der Waals surface area contributed by atoms with Crippen LogP contribution < -0.4 is 0 Å². The Balaban J connectivity index is 4.27. The van der Waals surface area contributed by atoms with Gasteiger partial charge >= 0.3 is 5.97 Å². The summed E-state index contributed by atoms with van der Waals surface area (Å²) in [6.45, 7) is 4.50. The van der Waals surface area contributed by atoms with Crippen LogP contribution in [0.2, 0.25) is 0 Å². The topological polar surface area (TPSA) is 91.8 Å². The molecule has 0 unspecified atom stereocenters. The molecule has 278 valence electrons. The van der Waals surface area contributed by atoms with Crippen molar-refractivity contribution in [1.29, 1.82) is 0 Å². The normalized spacial score (nSPS) is 11.5. The van der Waals surface area contributed by atoms with Crippen molar-refractivity contribution in [3.8, 4) is 0 Å². The molecule has 0 saturated carbocycles. The Morgan fingerprint density at radius 2 is 0.625 bits per heavy atom. The van der Waals surface area contributed by atoms with Gasteiger partial charge in [0.15, 0.2) is 0 Å². The van der Waals surface area contributed by atoms with Gasteiger partial charge in [-0.15, -0.1) is 0 Å². The molecule has 0 saturated heterocycles. The van der Waals surface area contributed by atoms with Gasteiger partial charge in [-0.1, -0.05) is 141 Å². The highest BCUT2D eigenvalue weighted by Gasteiger charge is 2.27. The number of imide groups is 3. The van der Waals surface area contributed by atoms with Crippen LogP contribution in [-0.4, -0.2) is 33.7 Å². The molecule has 0 aromatic rings. The van der Waals surface area contributed by atoms with Gasteiger partial charge in [0.05, 0.1) is 0 Å². The molecule has 0 atom stereocenters. The minimum Gasteiger partial charge on any atom is -0.481 e. The van der Waals surface area contributed by atoms with Gasteiger partial charge in [-0.2, -0.15) is 0 Å². The number of carbonyl (C=O) groups is 4. The number of carboxylic acid groups (broad SMARTS) is 1. The van der Waals surface area contributed by atoms with Crippen molar-refractivity contribution >= 4 is 23.7 Å². The summed E-state index contributed by atoms with van der Waals surface area (Å²) in [5.41, 5.74) is 0. The highest BCUT2D eigenvalue weighted by molar-refractivity contribution is 6.10. The second-order valence-corrected chi connectivity index (χ2v) is 13.8. The van der Waals surface area contributed by atoms with Gasteiger partial charge in [-0.3, -0.25) is 19.2 Å². The van der Waals surface area contributed by atoms with E-state index in [4.69, 9.17) is 5.11 Å². The maximum Gasteiger partial charge on any atom is 0.303 e. The van der Waals surface area contributed by atoms with E-state index in [-0.39, 0.29) is 25.7 Å². The first kappa shape index (κ1) is 45.8. The fourth-order valence-electron chi connectivity index (χ4n) is 6.00. The second kappa shape index (κ2) is 36.1. The van der Waals surface area contributed by atoms with Crippen molar-refractivity contribution in [3.63, 3.8) is 0 Å². The molecule has 3 amide bonds. The van der Waals surface area contributed by atoms with Crippen LogP contribution >= 0.6 is 0 Å². The molecule has 0 fully saturated rings. The zero-order valence-corrected chi connectivity index (χ0v) is 31.5. The molecule has 0 aromatic carbocycles. The van der Waals surface area contributed by atoms with Gasteiger partial charge in [0.25, 0.3) is 0 Å². The molecule has 0 heterocycles. The van der Waals surface area contributed by atoms with E-state index in [1.807, 2.05) is 0 Å². The average molecular weight is 674 g/mol. The SMILES string of the molecule is CCCCCCCCC=CCCCCCCCC(=O)N(C(=O)CCCCCCCC=CCCCCCCCC)C(=O)CCCCC(=O)O. The van der Waals surface area contributed by atoms with Crippen LogP contribution in [-0.2, 0) is 19.2 Å². The number of amides is 3. The number of nitrogens with zero attached hydrogens (tertiary/aromatic N) is 1. The summed E-state index contributed by atoms with van der Waals surface area (Å²) in [6, 6.07) is 0. The highest BCUT2D eigenvalue weighted by Crippen LogP contribution is 2.15. The lowest BCUT2D eigenvalue weighted by Crippen LogP contribution is -2.41. The van der Waals surface area contributed by atoms with Crippen LogP contribution in [0.25, 0.3) is 0 Å². The lowest BCUT2D eigenvalue weighted by molar-refractivity contribution is -0.154. The molecule has 6 nitrogen and oxygen atoms in total. The lowest BCUT2D eigenvalue weighted by atomic mass is 10.1. The Kier molecular flexibility index (Phi) is 34.4. The smallest absolute Gasteiger partial charge is 0.303 e. The van der Waals surface area contributed by atoms with Gasteiger partial charge in [0, 0.05) is 25.7 Å². The number of hydrogen-bond donors (Lipinski definition) is 1. The number of carbonyl (C=O) groups excluding carboxylic acids is 3. The third kappa shape index (κ3) is 31.1. The Morgan fingerprint density at radius 1 is 0.375 bits per heavy atom. The molecule has 0 aliphatic heterocycles. The summed E-state index contributed by atoms with van der Waals surface area (Å²) in [7, 11) is 0. The van der Waals surface area contributed by atoms with Crippen LogP contribution in [0.5, 0.6) is 0 Å². The Bertz CT molecular complexity index is 797. The summed E-state index contributed by atoms with van der Waals surface area (Å²) in [5, 5.41) is 8.88. The minimum absolute atomic E-state index is 0.0149. The van der Waals surface area contributed by atoms with Gasteiger partial charge in [-0.25, -0.2) is 4.90 Å². The maximum atomic E-state index is 13.0. The predicted octanol–water partition coefficient (Wildman–Crippen LogP) is 12.6. The van der Waals surface area contributed by atoms with Crippen molar-refractivity contribution in [2.45, 2.75) is 219 Å². The van der Waals surface area contributed by atoms with E-state index in [1.165, 1.54) is 89.9 Å². The highest BCUT2D eigenvalue weighted by atomic mass is 16.4. The number of aliphatic carboxylic acids is 1. The number of carboxylic acids is 1. The van der Waals surface area contributed by atoms with Crippen molar-refractivity contribution in [1.82, 2.24) is 4.90 Å². The Hall–Kier alpha value is -2.24. The van der Waals surface area contributed by atoms with Gasteiger partial charge < -0.3 is 5.11 Å². The van der Waals surface area contributed by atoms with Crippen molar-refractivity contribution < 1.29 is 24.3 Å². The molecule has 0 aliphatic carbocycles. The third-order valence-corrected chi connectivity index (χ3v) is 9.08. The van der Waals surface area contributed by atoms with Crippen molar-refractivity contribution in [2.24, 2.45) is 0 Å². The van der Waals surface area contributed by atoms with Crippen LogP contribution in [0.15, 0.2) is 24.3 Å². The van der Waals surface area contributed by atoms with Gasteiger partial charge in [0.1, 0.15) is 0 Å². The van der Waals surface area contributed by atoms with Crippen LogP contribution in [0, 0.1) is 0 Å². The first-order chi connectivity index (χ1) is 23.4. The largest absolute Gasteiger partial charge is 0.481 e. The van der Waals surface area contributed by atoms with Gasteiger partial charge in [-0.05, 0) is 77.0 Å². The Labute approximate surface area is 296 Å². The molecule has 1 N–H and O–H groups in total. The molecule has 6 heteroatoms. The van der Waals surface area contributed by atoms with Gasteiger partial charge in [0.2, 0.25) is 17.7 Å². The molecule has 0 bridgehead atoms. The van der Waals surface area contributed by atoms with Crippen LogP contribution in [0.4, 0.5) is 0 Å². The van der Waals surface area contributed by atoms with E-state index in [0.29, 0.717) is 25.7 Å². The minimum atomic E-state index is -0.903. The summed E-state index contributed by atoms with van der Waals surface area (Å²) in [4.78, 5) is 50.7.